The monoisotopic (exact) mass is 342 g/mol. The maximum atomic E-state index is 12.7. The number of nitrogens with zero attached hydrogens (tertiary/aromatic N) is 4. The van der Waals surface area contributed by atoms with Crippen molar-refractivity contribution in [3.63, 3.8) is 0 Å². The number of rotatable bonds is 6. The third-order valence-electron chi connectivity index (χ3n) is 4.49. The molecule has 0 aliphatic carbocycles. The maximum absolute atomic E-state index is 12.7. The highest BCUT2D eigenvalue weighted by atomic mass is 16.2. The summed E-state index contributed by atoms with van der Waals surface area (Å²) in [6, 6.07) is 5.90. The van der Waals surface area contributed by atoms with Crippen molar-refractivity contribution in [2.24, 2.45) is 0 Å². The number of aromatic amines is 1. The van der Waals surface area contributed by atoms with E-state index in [4.69, 9.17) is 0 Å². The molecular formula is C17H22N6O2. The van der Waals surface area contributed by atoms with E-state index < -0.39 is 5.41 Å². The van der Waals surface area contributed by atoms with Crippen LogP contribution in [0.2, 0.25) is 0 Å². The molecule has 0 unspecified atom stereocenters. The fraction of sp³-hybridized carbons (Fsp3) is 0.471. The van der Waals surface area contributed by atoms with Crippen molar-refractivity contribution in [1.29, 1.82) is 0 Å². The molecular weight excluding hydrogens is 320 g/mol. The van der Waals surface area contributed by atoms with E-state index in [9.17, 15) is 9.59 Å². The highest BCUT2D eigenvalue weighted by molar-refractivity contribution is 6.10. The molecule has 8 nitrogen and oxygen atoms in total. The van der Waals surface area contributed by atoms with Crippen molar-refractivity contribution >= 4 is 17.5 Å². The number of aromatic nitrogens is 4. The van der Waals surface area contributed by atoms with Gasteiger partial charge >= 0.3 is 0 Å². The highest BCUT2D eigenvalue weighted by Crippen LogP contribution is 2.41. The molecule has 132 valence electrons. The highest BCUT2D eigenvalue weighted by Gasteiger charge is 2.44. The van der Waals surface area contributed by atoms with Gasteiger partial charge in [-0.3, -0.25) is 9.59 Å². The summed E-state index contributed by atoms with van der Waals surface area (Å²) in [4.78, 5) is 26.5. The van der Waals surface area contributed by atoms with Gasteiger partial charge in [0.15, 0.2) is 5.82 Å². The molecule has 0 atom stereocenters. The standard InChI is InChI=1S/C17H22N6O2/c1-11-6-7-13-12(9-11)17(2,3)16(25)23(13)10-15(24)18-8-4-5-14-19-21-22-20-14/h6-7,9H,4-5,8,10H2,1-3H3,(H,18,24)(H,19,20,21,22). The molecule has 3 rings (SSSR count). The summed E-state index contributed by atoms with van der Waals surface area (Å²) < 4.78 is 0. The maximum Gasteiger partial charge on any atom is 0.240 e. The molecule has 1 aliphatic heterocycles. The Morgan fingerprint density at radius 1 is 1.36 bits per heavy atom. The molecule has 25 heavy (non-hydrogen) atoms. The van der Waals surface area contributed by atoms with Crippen molar-refractivity contribution in [1.82, 2.24) is 25.9 Å². The van der Waals surface area contributed by atoms with Crippen LogP contribution in [0.25, 0.3) is 0 Å². The number of amides is 2. The third kappa shape index (κ3) is 3.38. The minimum Gasteiger partial charge on any atom is -0.355 e. The first-order valence-corrected chi connectivity index (χ1v) is 8.31. The van der Waals surface area contributed by atoms with Crippen LogP contribution in [0.15, 0.2) is 18.2 Å². The largest absolute Gasteiger partial charge is 0.355 e. The van der Waals surface area contributed by atoms with E-state index in [1.54, 1.807) is 4.90 Å². The number of carbonyl (C=O) groups excluding carboxylic acids is 2. The quantitative estimate of drug-likeness (QED) is 0.759. The molecule has 0 fully saturated rings. The van der Waals surface area contributed by atoms with Crippen molar-refractivity contribution in [3.8, 4) is 0 Å². The summed E-state index contributed by atoms with van der Waals surface area (Å²) in [5.41, 5.74) is 2.29. The molecule has 2 amide bonds. The Morgan fingerprint density at radius 2 is 2.16 bits per heavy atom. The van der Waals surface area contributed by atoms with Crippen LogP contribution in [0.5, 0.6) is 0 Å². The number of benzene rings is 1. The van der Waals surface area contributed by atoms with Crippen molar-refractivity contribution < 1.29 is 9.59 Å². The number of tetrazole rings is 1. The number of carbonyl (C=O) groups is 2. The second kappa shape index (κ2) is 6.62. The molecule has 2 N–H and O–H groups in total. The lowest BCUT2D eigenvalue weighted by molar-refractivity contribution is -0.125. The number of nitrogens with one attached hydrogen (secondary N) is 2. The van der Waals surface area contributed by atoms with Crippen LogP contribution in [-0.2, 0) is 21.4 Å². The normalized spacial score (nSPS) is 15.3. The van der Waals surface area contributed by atoms with Gasteiger partial charge in [0.2, 0.25) is 11.8 Å². The summed E-state index contributed by atoms with van der Waals surface area (Å²) in [5, 5.41) is 16.4. The van der Waals surface area contributed by atoms with Crippen LogP contribution in [-0.4, -0.2) is 45.5 Å². The minimum atomic E-state index is -0.611. The Labute approximate surface area is 146 Å². The van der Waals surface area contributed by atoms with E-state index in [1.807, 2.05) is 39.0 Å². The van der Waals surface area contributed by atoms with Gasteiger partial charge < -0.3 is 10.2 Å². The molecule has 0 spiro atoms. The van der Waals surface area contributed by atoms with E-state index in [1.165, 1.54) is 0 Å². The van der Waals surface area contributed by atoms with Gasteiger partial charge in [0.1, 0.15) is 6.54 Å². The molecule has 0 saturated heterocycles. The van der Waals surface area contributed by atoms with E-state index in [2.05, 4.69) is 25.9 Å². The zero-order valence-corrected chi connectivity index (χ0v) is 14.7. The van der Waals surface area contributed by atoms with Crippen LogP contribution in [0.1, 0.15) is 37.2 Å². The summed E-state index contributed by atoms with van der Waals surface area (Å²) in [7, 11) is 0. The number of fused-ring (bicyclic) bond motifs is 1. The van der Waals surface area contributed by atoms with Gasteiger partial charge in [-0.1, -0.05) is 22.9 Å². The molecule has 1 aromatic heterocycles. The predicted octanol–water partition coefficient (Wildman–Crippen LogP) is 0.881. The van der Waals surface area contributed by atoms with E-state index in [0.29, 0.717) is 25.2 Å². The van der Waals surface area contributed by atoms with Gasteiger partial charge in [-0.25, -0.2) is 0 Å². The average Bonchev–Trinajstić information content (AvgIpc) is 3.14. The summed E-state index contributed by atoms with van der Waals surface area (Å²) in [6.07, 6.45) is 1.34. The van der Waals surface area contributed by atoms with Crippen molar-refractivity contribution in [3.05, 3.63) is 35.2 Å². The molecule has 1 aliphatic rings. The van der Waals surface area contributed by atoms with Gasteiger partial charge in [-0.15, -0.1) is 10.2 Å². The van der Waals surface area contributed by atoms with Crippen LogP contribution >= 0.6 is 0 Å². The second-order valence-corrected chi connectivity index (χ2v) is 6.82. The number of H-pyrrole nitrogens is 1. The second-order valence-electron chi connectivity index (χ2n) is 6.82. The molecule has 8 heteroatoms. The average molecular weight is 342 g/mol. The number of hydrogen-bond donors (Lipinski definition) is 2. The number of aryl methyl sites for hydroxylation is 2. The molecule has 0 radical (unpaired) electrons. The van der Waals surface area contributed by atoms with Gasteiger partial charge in [0.25, 0.3) is 0 Å². The van der Waals surface area contributed by atoms with E-state index in [0.717, 1.165) is 16.8 Å². The Hall–Kier alpha value is -2.77. The summed E-state index contributed by atoms with van der Waals surface area (Å²) in [6.45, 7) is 6.33. The van der Waals surface area contributed by atoms with Gasteiger partial charge in [-0.05, 0) is 38.8 Å². The Morgan fingerprint density at radius 3 is 2.88 bits per heavy atom. The van der Waals surface area contributed by atoms with E-state index >= 15 is 0 Å². The minimum absolute atomic E-state index is 0.0283. The summed E-state index contributed by atoms with van der Waals surface area (Å²) in [5.74, 6) is 0.399. The molecule has 0 bridgehead atoms. The fourth-order valence-electron chi connectivity index (χ4n) is 3.07. The fourth-order valence-corrected chi connectivity index (χ4v) is 3.07. The van der Waals surface area contributed by atoms with E-state index in [-0.39, 0.29) is 18.4 Å². The smallest absolute Gasteiger partial charge is 0.240 e. The Balaban J connectivity index is 1.59. The number of hydrogen-bond acceptors (Lipinski definition) is 5. The predicted molar refractivity (Wildman–Crippen MR) is 92.1 cm³/mol. The zero-order chi connectivity index (χ0) is 18.0. The third-order valence-corrected chi connectivity index (χ3v) is 4.49. The van der Waals surface area contributed by atoms with Gasteiger partial charge in [-0.2, -0.15) is 5.21 Å². The first-order chi connectivity index (χ1) is 11.9. The zero-order valence-electron chi connectivity index (χ0n) is 14.7. The molecule has 0 saturated carbocycles. The first-order valence-electron chi connectivity index (χ1n) is 8.31. The van der Waals surface area contributed by atoms with Crippen LogP contribution in [0.3, 0.4) is 0 Å². The van der Waals surface area contributed by atoms with Crippen molar-refractivity contribution in [2.45, 2.75) is 39.0 Å². The first kappa shape index (κ1) is 17.1. The van der Waals surface area contributed by atoms with Gasteiger partial charge in [0.05, 0.1) is 5.41 Å². The Kier molecular flexibility index (Phi) is 4.52. The van der Waals surface area contributed by atoms with Crippen LogP contribution < -0.4 is 10.2 Å². The lowest BCUT2D eigenvalue weighted by Crippen LogP contribution is -2.43. The van der Waals surface area contributed by atoms with Crippen LogP contribution in [0.4, 0.5) is 5.69 Å². The Bertz CT molecular complexity index is 784. The SMILES string of the molecule is Cc1ccc2c(c1)C(C)(C)C(=O)N2CC(=O)NCCCc1nn[nH]n1. The molecule has 2 heterocycles. The number of anilines is 1. The summed E-state index contributed by atoms with van der Waals surface area (Å²) >= 11 is 0. The van der Waals surface area contributed by atoms with Crippen molar-refractivity contribution in [2.75, 3.05) is 18.0 Å². The molecule has 1 aromatic carbocycles. The van der Waals surface area contributed by atoms with Crippen LogP contribution in [0, 0.1) is 6.92 Å². The lowest BCUT2D eigenvalue weighted by Gasteiger charge is -2.20. The lowest BCUT2D eigenvalue weighted by atomic mass is 9.85. The van der Waals surface area contributed by atoms with Gasteiger partial charge in [0, 0.05) is 18.7 Å². The topological polar surface area (TPSA) is 104 Å². The molecule has 2 aromatic rings.